The van der Waals surface area contributed by atoms with Crippen molar-refractivity contribution >= 4 is 24.0 Å². The zero-order valence-corrected chi connectivity index (χ0v) is 6.82. The fourth-order valence-corrected chi connectivity index (χ4v) is 0.639. The van der Waals surface area contributed by atoms with Crippen molar-refractivity contribution in [3.63, 3.8) is 0 Å². The summed E-state index contributed by atoms with van der Waals surface area (Å²) < 4.78 is 0. The van der Waals surface area contributed by atoms with Gasteiger partial charge in [0, 0.05) is 12.7 Å². The van der Waals surface area contributed by atoms with E-state index < -0.39 is 0 Å². The number of hydrogen-bond donors (Lipinski definition) is 1. The summed E-state index contributed by atoms with van der Waals surface area (Å²) in [6.45, 7) is 0.469. The Labute approximate surface area is 70.8 Å². The maximum Gasteiger partial charge on any atom is 0.0589 e. The molecule has 0 aromatic carbocycles. The summed E-state index contributed by atoms with van der Waals surface area (Å²) in [5.74, 6) is 0. The summed E-state index contributed by atoms with van der Waals surface area (Å²) >= 11 is 5.57. The Kier molecular flexibility index (Phi) is 4.36. The highest BCUT2D eigenvalue weighted by Gasteiger charge is 1.88. The van der Waals surface area contributed by atoms with Gasteiger partial charge in [-0.05, 0) is 12.1 Å². The molecule has 0 bridgehead atoms. The topological polar surface area (TPSA) is 38.9 Å². The third-order valence-corrected chi connectivity index (χ3v) is 1.22. The number of rotatable bonds is 1. The maximum atomic E-state index is 5.57. The number of aromatic nitrogens is 1. The molecule has 0 unspecified atom stereocenters. The summed E-state index contributed by atoms with van der Waals surface area (Å²) in [7, 11) is 0. The molecule has 10 heavy (non-hydrogen) atoms. The van der Waals surface area contributed by atoms with Crippen molar-refractivity contribution in [1.29, 1.82) is 0 Å². The molecule has 0 spiro atoms. The minimum Gasteiger partial charge on any atom is -0.325 e. The summed E-state index contributed by atoms with van der Waals surface area (Å²) in [6.07, 6.45) is 1.59. The molecule has 0 radical (unpaired) electrons. The van der Waals surface area contributed by atoms with Crippen LogP contribution in [0.1, 0.15) is 5.69 Å². The molecule has 0 aliphatic carbocycles. The Hall–Kier alpha value is -0.310. The van der Waals surface area contributed by atoms with Crippen LogP contribution in [0.15, 0.2) is 18.3 Å². The summed E-state index contributed by atoms with van der Waals surface area (Å²) in [5, 5.41) is 0.646. The van der Waals surface area contributed by atoms with E-state index in [1.807, 2.05) is 6.07 Å². The molecule has 0 amide bonds. The van der Waals surface area contributed by atoms with Crippen LogP contribution in [-0.2, 0) is 6.54 Å². The minimum atomic E-state index is 0. The van der Waals surface area contributed by atoms with Gasteiger partial charge in [0.05, 0.1) is 10.7 Å². The monoisotopic (exact) mass is 178 g/mol. The Morgan fingerprint density at radius 1 is 1.50 bits per heavy atom. The second-order valence-electron chi connectivity index (χ2n) is 1.67. The summed E-state index contributed by atoms with van der Waals surface area (Å²) in [5.41, 5.74) is 6.15. The fourth-order valence-electron chi connectivity index (χ4n) is 0.527. The van der Waals surface area contributed by atoms with E-state index in [0.29, 0.717) is 11.6 Å². The van der Waals surface area contributed by atoms with Crippen molar-refractivity contribution < 1.29 is 0 Å². The van der Waals surface area contributed by atoms with Gasteiger partial charge in [-0.1, -0.05) is 11.6 Å². The fraction of sp³-hybridized carbons (Fsp3) is 0.167. The van der Waals surface area contributed by atoms with Gasteiger partial charge in [0.25, 0.3) is 0 Å². The lowest BCUT2D eigenvalue weighted by Gasteiger charge is -1.92. The third-order valence-electron chi connectivity index (χ3n) is 0.998. The Morgan fingerprint density at radius 3 is 2.60 bits per heavy atom. The van der Waals surface area contributed by atoms with Crippen LogP contribution in [0.25, 0.3) is 0 Å². The Bertz CT molecular complexity index is 185. The molecule has 2 nitrogen and oxygen atoms in total. The third kappa shape index (κ3) is 2.52. The zero-order valence-electron chi connectivity index (χ0n) is 5.25. The molecule has 1 rings (SSSR count). The first-order chi connectivity index (χ1) is 4.33. The first kappa shape index (κ1) is 9.69. The minimum absolute atomic E-state index is 0. The van der Waals surface area contributed by atoms with Crippen LogP contribution in [0, 0.1) is 0 Å². The van der Waals surface area contributed by atoms with Crippen LogP contribution >= 0.6 is 24.0 Å². The highest BCUT2D eigenvalue weighted by atomic mass is 35.5. The van der Waals surface area contributed by atoms with Crippen LogP contribution in [-0.4, -0.2) is 4.98 Å². The van der Waals surface area contributed by atoms with Crippen molar-refractivity contribution in [1.82, 2.24) is 4.98 Å². The van der Waals surface area contributed by atoms with Gasteiger partial charge < -0.3 is 5.73 Å². The van der Waals surface area contributed by atoms with Crippen LogP contribution < -0.4 is 5.73 Å². The lowest BCUT2D eigenvalue weighted by Crippen LogP contribution is -1.97. The van der Waals surface area contributed by atoms with Gasteiger partial charge in [-0.15, -0.1) is 12.4 Å². The number of nitrogens with zero attached hydrogens (tertiary/aromatic N) is 1. The second kappa shape index (κ2) is 4.50. The van der Waals surface area contributed by atoms with Crippen molar-refractivity contribution in [3.8, 4) is 0 Å². The van der Waals surface area contributed by atoms with E-state index in [9.17, 15) is 0 Å². The van der Waals surface area contributed by atoms with Gasteiger partial charge in [0.1, 0.15) is 0 Å². The lowest BCUT2D eigenvalue weighted by molar-refractivity contribution is 0.991. The predicted molar refractivity (Wildman–Crippen MR) is 44.4 cm³/mol. The quantitative estimate of drug-likeness (QED) is 0.711. The van der Waals surface area contributed by atoms with E-state index in [0.717, 1.165) is 5.69 Å². The second-order valence-corrected chi connectivity index (χ2v) is 2.11. The lowest BCUT2D eigenvalue weighted by atomic mass is 10.4. The van der Waals surface area contributed by atoms with Crippen LogP contribution in [0.3, 0.4) is 0 Å². The van der Waals surface area contributed by atoms with Crippen molar-refractivity contribution in [2.75, 3.05) is 0 Å². The first-order valence-electron chi connectivity index (χ1n) is 2.63. The molecule has 0 atom stereocenters. The molecule has 0 aliphatic rings. The highest BCUT2D eigenvalue weighted by Crippen LogP contribution is 2.04. The van der Waals surface area contributed by atoms with Gasteiger partial charge >= 0.3 is 0 Å². The van der Waals surface area contributed by atoms with E-state index in [-0.39, 0.29) is 12.4 Å². The van der Waals surface area contributed by atoms with Gasteiger partial charge in [-0.3, -0.25) is 4.98 Å². The smallest absolute Gasteiger partial charge is 0.0589 e. The summed E-state index contributed by atoms with van der Waals surface area (Å²) in [6, 6.07) is 3.58. The molecule has 2 N–H and O–H groups in total. The molecule has 0 saturated heterocycles. The molecule has 0 saturated carbocycles. The average molecular weight is 179 g/mol. The van der Waals surface area contributed by atoms with E-state index in [4.69, 9.17) is 17.3 Å². The first-order valence-corrected chi connectivity index (χ1v) is 3.01. The van der Waals surface area contributed by atoms with Gasteiger partial charge in [-0.25, -0.2) is 0 Å². The molecular formula is C6H8Cl2N2. The normalized spacial score (nSPS) is 8.60. The average Bonchev–Trinajstić information content (AvgIpc) is 1.90. The number of pyridine rings is 1. The van der Waals surface area contributed by atoms with Crippen molar-refractivity contribution in [2.24, 2.45) is 5.73 Å². The molecule has 0 aliphatic heterocycles. The van der Waals surface area contributed by atoms with E-state index in [2.05, 4.69) is 4.98 Å². The van der Waals surface area contributed by atoms with E-state index >= 15 is 0 Å². The molecule has 1 aromatic rings. The Balaban J connectivity index is 0.000000810. The van der Waals surface area contributed by atoms with Crippen molar-refractivity contribution in [3.05, 3.63) is 29.0 Å². The van der Waals surface area contributed by atoms with Crippen molar-refractivity contribution in [2.45, 2.75) is 6.54 Å². The molecule has 1 aromatic heterocycles. The molecular weight excluding hydrogens is 171 g/mol. The SMILES string of the molecule is Cl.NCc1ccc(Cl)cn1. The van der Waals surface area contributed by atoms with Gasteiger partial charge in [0.2, 0.25) is 0 Å². The molecule has 1 heterocycles. The molecule has 56 valence electrons. The number of nitrogens with two attached hydrogens (primary N) is 1. The zero-order chi connectivity index (χ0) is 6.69. The van der Waals surface area contributed by atoms with Crippen LogP contribution in [0.5, 0.6) is 0 Å². The molecule has 0 fully saturated rings. The highest BCUT2D eigenvalue weighted by molar-refractivity contribution is 6.30. The Morgan fingerprint density at radius 2 is 2.20 bits per heavy atom. The molecule has 4 heteroatoms. The predicted octanol–water partition coefficient (Wildman–Crippen LogP) is 1.62. The van der Waals surface area contributed by atoms with Gasteiger partial charge in [-0.2, -0.15) is 0 Å². The summed E-state index contributed by atoms with van der Waals surface area (Å²) in [4.78, 5) is 3.94. The van der Waals surface area contributed by atoms with E-state index in [1.54, 1.807) is 12.3 Å². The number of halogens is 2. The van der Waals surface area contributed by atoms with E-state index in [1.165, 1.54) is 0 Å². The largest absolute Gasteiger partial charge is 0.325 e. The van der Waals surface area contributed by atoms with Gasteiger partial charge in [0.15, 0.2) is 0 Å². The van der Waals surface area contributed by atoms with Crippen LogP contribution in [0.4, 0.5) is 0 Å². The van der Waals surface area contributed by atoms with Crippen LogP contribution in [0.2, 0.25) is 5.02 Å². The standard InChI is InChI=1S/C6H7ClN2.ClH/c7-5-1-2-6(3-8)9-4-5;/h1-2,4H,3,8H2;1H. The maximum absolute atomic E-state index is 5.57. The number of hydrogen-bond acceptors (Lipinski definition) is 2.